The van der Waals surface area contributed by atoms with Gasteiger partial charge in [0.1, 0.15) is 5.75 Å². The summed E-state index contributed by atoms with van der Waals surface area (Å²) < 4.78 is 5.24. The Morgan fingerprint density at radius 1 is 1.04 bits per heavy atom. The van der Waals surface area contributed by atoms with Crippen LogP contribution in [0.4, 0.5) is 5.69 Å². The summed E-state index contributed by atoms with van der Waals surface area (Å²) in [6, 6.07) is 13.5. The fraction of sp³-hybridized carbons (Fsp3) is 0. The average molecular weight is 324 g/mol. The van der Waals surface area contributed by atoms with E-state index in [0.717, 1.165) is 0 Å². The number of anilines is 1. The predicted octanol–water partition coefficient (Wildman–Crippen LogP) is 3.61. The number of nitrogens with zero attached hydrogens (tertiary/aromatic N) is 1. The third kappa shape index (κ3) is 3.81. The van der Waals surface area contributed by atoms with Crippen LogP contribution >= 0.6 is 11.3 Å². The number of pyridine rings is 1. The van der Waals surface area contributed by atoms with Gasteiger partial charge in [0, 0.05) is 18.1 Å². The van der Waals surface area contributed by atoms with Gasteiger partial charge in [-0.1, -0.05) is 6.07 Å². The van der Waals surface area contributed by atoms with Crippen LogP contribution in [0.25, 0.3) is 0 Å². The van der Waals surface area contributed by atoms with Gasteiger partial charge in [-0.05, 0) is 47.8 Å². The quantitative estimate of drug-likeness (QED) is 0.588. The Morgan fingerprint density at radius 3 is 2.52 bits per heavy atom. The van der Waals surface area contributed by atoms with Crippen molar-refractivity contribution in [2.75, 3.05) is 5.32 Å². The summed E-state index contributed by atoms with van der Waals surface area (Å²) in [5.74, 6) is -0.249. The van der Waals surface area contributed by atoms with Crippen LogP contribution in [0.15, 0.2) is 66.3 Å². The first kappa shape index (κ1) is 14.9. The van der Waals surface area contributed by atoms with Crippen LogP contribution in [0.3, 0.4) is 0 Å². The van der Waals surface area contributed by atoms with Crippen LogP contribution < -0.4 is 10.1 Å². The number of thiophene rings is 1. The Labute approximate surface area is 136 Å². The molecule has 1 amide bonds. The number of aromatic nitrogens is 1. The summed E-state index contributed by atoms with van der Waals surface area (Å²) in [4.78, 5) is 28.3. The highest BCUT2D eigenvalue weighted by Crippen LogP contribution is 2.18. The van der Waals surface area contributed by atoms with Gasteiger partial charge in [-0.25, -0.2) is 4.79 Å². The van der Waals surface area contributed by atoms with Crippen LogP contribution in [0.2, 0.25) is 0 Å². The lowest BCUT2D eigenvalue weighted by Crippen LogP contribution is -2.10. The van der Waals surface area contributed by atoms with E-state index in [0.29, 0.717) is 21.9 Å². The monoisotopic (exact) mass is 324 g/mol. The number of carbonyl (C=O) groups is 2. The zero-order valence-electron chi connectivity index (χ0n) is 11.9. The number of hydrogen-bond acceptors (Lipinski definition) is 5. The Bertz CT molecular complexity index is 800. The molecular weight excluding hydrogens is 312 g/mol. The van der Waals surface area contributed by atoms with Gasteiger partial charge in [0.2, 0.25) is 0 Å². The zero-order chi connectivity index (χ0) is 16.1. The van der Waals surface area contributed by atoms with Crippen molar-refractivity contribution in [1.82, 2.24) is 4.98 Å². The minimum Gasteiger partial charge on any atom is -0.423 e. The van der Waals surface area contributed by atoms with Gasteiger partial charge >= 0.3 is 5.97 Å². The van der Waals surface area contributed by atoms with E-state index >= 15 is 0 Å². The second-order valence-electron chi connectivity index (χ2n) is 4.59. The van der Waals surface area contributed by atoms with Gasteiger partial charge in [0.25, 0.3) is 5.91 Å². The maximum Gasteiger partial charge on any atom is 0.345 e. The zero-order valence-corrected chi connectivity index (χ0v) is 12.7. The van der Waals surface area contributed by atoms with Crippen molar-refractivity contribution in [1.29, 1.82) is 0 Å². The fourth-order valence-corrected chi connectivity index (χ4v) is 2.48. The smallest absolute Gasteiger partial charge is 0.345 e. The lowest BCUT2D eigenvalue weighted by molar-refractivity contribution is 0.0734. The molecular formula is C17H12N2O3S. The van der Waals surface area contributed by atoms with E-state index in [1.165, 1.54) is 17.5 Å². The molecule has 0 saturated heterocycles. The Morgan fingerprint density at radius 2 is 1.87 bits per heavy atom. The molecule has 3 aromatic rings. The Balaban J connectivity index is 1.63. The normalized spacial score (nSPS) is 10.1. The second-order valence-corrected chi connectivity index (χ2v) is 5.53. The van der Waals surface area contributed by atoms with Crippen molar-refractivity contribution in [3.63, 3.8) is 0 Å². The number of esters is 1. The molecule has 0 unspecified atom stereocenters. The van der Waals surface area contributed by atoms with Crippen LogP contribution in [0.1, 0.15) is 20.0 Å². The number of amides is 1. The topological polar surface area (TPSA) is 68.3 Å². The van der Waals surface area contributed by atoms with Crippen molar-refractivity contribution in [3.05, 3.63) is 76.7 Å². The molecule has 114 valence electrons. The van der Waals surface area contributed by atoms with Crippen molar-refractivity contribution < 1.29 is 14.3 Å². The number of nitrogens with one attached hydrogen (secondary N) is 1. The highest BCUT2D eigenvalue weighted by atomic mass is 32.1. The predicted molar refractivity (Wildman–Crippen MR) is 87.9 cm³/mol. The standard InChI is InChI=1S/C17H12N2O3S/c20-16(15-4-2-10-23-15)19-13-5-7-14(8-6-13)22-17(21)12-3-1-9-18-11-12/h1-11H,(H,19,20). The molecule has 0 saturated carbocycles. The van der Waals surface area contributed by atoms with Crippen LogP contribution in [-0.4, -0.2) is 16.9 Å². The van der Waals surface area contributed by atoms with Crippen LogP contribution in [-0.2, 0) is 0 Å². The maximum absolute atomic E-state index is 11.9. The lowest BCUT2D eigenvalue weighted by atomic mass is 10.2. The summed E-state index contributed by atoms with van der Waals surface area (Å²) in [5.41, 5.74) is 1.01. The van der Waals surface area contributed by atoms with Crippen LogP contribution in [0, 0.1) is 0 Å². The van der Waals surface area contributed by atoms with Gasteiger partial charge in [-0.3, -0.25) is 9.78 Å². The Hall–Kier alpha value is -2.99. The molecule has 6 heteroatoms. The molecule has 5 nitrogen and oxygen atoms in total. The van der Waals surface area contributed by atoms with Crippen molar-refractivity contribution in [2.24, 2.45) is 0 Å². The number of benzene rings is 1. The molecule has 0 aliphatic carbocycles. The van der Waals surface area contributed by atoms with Crippen LogP contribution in [0.5, 0.6) is 5.75 Å². The van der Waals surface area contributed by atoms with E-state index < -0.39 is 5.97 Å². The third-order valence-electron chi connectivity index (χ3n) is 2.96. The van der Waals surface area contributed by atoms with Gasteiger partial charge in [-0.2, -0.15) is 0 Å². The number of carbonyl (C=O) groups excluding carboxylic acids is 2. The van der Waals surface area contributed by atoms with Crippen molar-refractivity contribution in [3.8, 4) is 5.75 Å². The molecule has 0 aliphatic rings. The first-order chi connectivity index (χ1) is 11.2. The highest BCUT2D eigenvalue weighted by Gasteiger charge is 2.09. The second kappa shape index (κ2) is 6.85. The summed E-state index contributed by atoms with van der Waals surface area (Å²) in [7, 11) is 0. The minimum absolute atomic E-state index is 0.167. The Kier molecular flexibility index (Phi) is 4.44. The van der Waals surface area contributed by atoms with E-state index in [1.54, 1.807) is 48.7 Å². The van der Waals surface area contributed by atoms with Gasteiger partial charge < -0.3 is 10.1 Å². The largest absolute Gasteiger partial charge is 0.423 e. The summed E-state index contributed by atoms with van der Waals surface area (Å²) in [6.45, 7) is 0. The summed E-state index contributed by atoms with van der Waals surface area (Å²) in [6.07, 6.45) is 3.03. The molecule has 1 aromatic carbocycles. The highest BCUT2D eigenvalue weighted by molar-refractivity contribution is 7.12. The SMILES string of the molecule is O=C(Oc1ccc(NC(=O)c2cccs2)cc1)c1cccnc1. The molecule has 2 aromatic heterocycles. The molecule has 3 rings (SSSR count). The van der Waals surface area contributed by atoms with E-state index in [4.69, 9.17) is 4.74 Å². The van der Waals surface area contributed by atoms with Gasteiger partial charge in [-0.15, -0.1) is 11.3 Å². The maximum atomic E-state index is 11.9. The van der Waals surface area contributed by atoms with E-state index in [-0.39, 0.29) is 5.91 Å². The minimum atomic E-state index is -0.478. The number of rotatable bonds is 4. The van der Waals surface area contributed by atoms with E-state index in [2.05, 4.69) is 10.3 Å². The molecule has 0 radical (unpaired) electrons. The molecule has 0 fully saturated rings. The average Bonchev–Trinajstić information content (AvgIpc) is 3.12. The van der Waals surface area contributed by atoms with Crippen molar-refractivity contribution >= 4 is 28.9 Å². The number of hydrogen-bond donors (Lipinski definition) is 1. The molecule has 2 heterocycles. The lowest BCUT2D eigenvalue weighted by Gasteiger charge is -2.06. The van der Waals surface area contributed by atoms with E-state index in [1.807, 2.05) is 11.4 Å². The van der Waals surface area contributed by atoms with Gasteiger partial charge in [0.15, 0.2) is 0 Å². The number of ether oxygens (including phenoxy) is 1. The van der Waals surface area contributed by atoms with Gasteiger partial charge in [0.05, 0.1) is 10.4 Å². The summed E-state index contributed by atoms with van der Waals surface area (Å²) >= 11 is 1.37. The molecule has 0 atom stereocenters. The first-order valence-corrected chi connectivity index (χ1v) is 7.67. The fourth-order valence-electron chi connectivity index (χ4n) is 1.86. The third-order valence-corrected chi connectivity index (χ3v) is 3.83. The molecule has 0 aliphatic heterocycles. The first-order valence-electron chi connectivity index (χ1n) is 6.79. The molecule has 23 heavy (non-hydrogen) atoms. The molecule has 1 N–H and O–H groups in total. The molecule has 0 bridgehead atoms. The van der Waals surface area contributed by atoms with Crippen molar-refractivity contribution in [2.45, 2.75) is 0 Å². The van der Waals surface area contributed by atoms with E-state index in [9.17, 15) is 9.59 Å². The summed E-state index contributed by atoms with van der Waals surface area (Å²) in [5, 5.41) is 4.62. The molecule has 0 spiro atoms.